The molecule has 1 heterocycles. The maximum absolute atomic E-state index is 12.3. The molecule has 0 aliphatic heterocycles. The molecule has 2 rings (SSSR count). The maximum atomic E-state index is 12.3. The van der Waals surface area contributed by atoms with Crippen molar-refractivity contribution in [2.24, 2.45) is 0 Å². The van der Waals surface area contributed by atoms with Gasteiger partial charge < -0.3 is 9.88 Å². The van der Waals surface area contributed by atoms with E-state index in [2.05, 4.69) is 21.2 Å². The lowest BCUT2D eigenvalue weighted by Crippen LogP contribution is -2.17. The van der Waals surface area contributed by atoms with Crippen molar-refractivity contribution in [1.82, 2.24) is 4.57 Å². The second-order valence-corrected chi connectivity index (χ2v) is 5.35. The Bertz CT molecular complexity index is 709. The lowest BCUT2D eigenvalue weighted by molar-refractivity contribution is -0.384. The van der Waals surface area contributed by atoms with Crippen molar-refractivity contribution in [2.45, 2.75) is 20.4 Å². The first-order valence-corrected chi connectivity index (χ1v) is 7.14. The largest absolute Gasteiger partial charge is 0.337 e. The summed E-state index contributed by atoms with van der Waals surface area (Å²) in [6.07, 6.45) is 1.36. The van der Waals surface area contributed by atoms with Gasteiger partial charge in [0.15, 0.2) is 0 Å². The van der Waals surface area contributed by atoms with E-state index in [4.69, 9.17) is 0 Å². The fraction of sp³-hybridized carbons (Fsp3) is 0.214. The number of anilines is 1. The summed E-state index contributed by atoms with van der Waals surface area (Å²) in [6, 6.07) is 6.76. The van der Waals surface area contributed by atoms with Crippen LogP contribution in [0.2, 0.25) is 0 Å². The van der Waals surface area contributed by atoms with Crippen molar-refractivity contribution in [1.29, 1.82) is 0 Å². The van der Waals surface area contributed by atoms with Crippen LogP contribution in [0.1, 0.15) is 23.0 Å². The zero-order valence-electron chi connectivity index (χ0n) is 11.6. The molecule has 0 aliphatic carbocycles. The van der Waals surface area contributed by atoms with Crippen molar-refractivity contribution in [2.75, 3.05) is 5.32 Å². The lowest BCUT2D eigenvalue weighted by atomic mass is 10.2. The Labute approximate surface area is 130 Å². The number of benzene rings is 1. The molecule has 0 atom stereocenters. The highest BCUT2D eigenvalue weighted by molar-refractivity contribution is 9.10. The van der Waals surface area contributed by atoms with Crippen LogP contribution in [-0.4, -0.2) is 15.4 Å². The van der Waals surface area contributed by atoms with E-state index in [0.29, 0.717) is 12.2 Å². The van der Waals surface area contributed by atoms with Gasteiger partial charge in [0.1, 0.15) is 5.69 Å². The summed E-state index contributed by atoms with van der Waals surface area (Å²) in [4.78, 5) is 22.6. The number of rotatable bonds is 4. The summed E-state index contributed by atoms with van der Waals surface area (Å²) in [6.45, 7) is 4.18. The molecule has 110 valence electrons. The van der Waals surface area contributed by atoms with E-state index in [1.165, 1.54) is 12.3 Å². The predicted octanol–water partition coefficient (Wildman–Crippen LogP) is 3.74. The van der Waals surface area contributed by atoms with E-state index in [1.54, 1.807) is 10.6 Å². The summed E-state index contributed by atoms with van der Waals surface area (Å²) < 4.78 is 2.44. The van der Waals surface area contributed by atoms with Gasteiger partial charge in [-0.2, -0.15) is 0 Å². The molecule has 0 bridgehead atoms. The molecular weight excluding hydrogens is 338 g/mol. The Kier molecular flexibility index (Phi) is 4.42. The van der Waals surface area contributed by atoms with Crippen molar-refractivity contribution >= 4 is 33.2 Å². The molecule has 6 nitrogen and oxygen atoms in total. The minimum absolute atomic E-state index is 0.0898. The van der Waals surface area contributed by atoms with Gasteiger partial charge in [0.2, 0.25) is 0 Å². The van der Waals surface area contributed by atoms with E-state index < -0.39 is 4.92 Å². The topological polar surface area (TPSA) is 77.2 Å². The van der Waals surface area contributed by atoms with Gasteiger partial charge in [0.25, 0.3) is 11.6 Å². The molecule has 21 heavy (non-hydrogen) atoms. The highest BCUT2D eigenvalue weighted by Gasteiger charge is 2.19. The lowest BCUT2D eigenvalue weighted by Gasteiger charge is -2.10. The quantitative estimate of drug-likeness (QED) is 0.673. The normalized spacial score (nSPS) is 10.4. The van der Waals surface area contributed by atoms with Gasteiger partial charge in [-0.05, 0) is 31.5 Å². The molecule has 0 radical (unpaired) electrons. The number of nitrogens with zero attached hydrogens (tertiary/aromatic N) is 2. The first-order valence-electron chi connectivity index (χ1n) is 6.35. The van der Waals surface area contributed by atoms with Crippen LogP contribution in [-0.2, 0) is 6.54 Å². The molecule has 7 heteroatoms. The van der Waals surface area contributed by atoms with Crippen molar-refractivity contribution in [3.8, 4) is 0 Å². The molecule has 1 amide bonds. The van der Waals surface area contributed by atoms with Crippen molar-refractivity contribution < 1.29 is 9.72 Å². The minimum Gasteiger partial charge on any atom is -0.337 e. The van der Waals surface area contributed by atoms with Crippen LogP contribution >= 0.6 is 15.9 Å². The van der Waals surface area contributed by atoms with E-state index in [1.807, 2.05) is 26.0 Å². The zero-order chi connectivity index (χ0) is 15.6. The Balaban J connectivity index is 2.32. The molecule has 0 unspecified atom stereocenters. The molecule has 1 N–H and O–H groups in total. The summed E-state index contributed by atoms with van der Waals surface area (Å²) in [7, 11) is 0. The molecule has 0 saturated heterocycles. The second-order valence-electron chi connectivity index (χ2n) is 4.49. The van der Waals surface area contributed by atoms with Gasteiger partial charge in [0.05, 0.1) is 11.1 Å². The highest BCUT2D eigenvalue weighted by Crippen LogP contribution is 2.24. The zero-order valence-corrected chi connectivity index (χ0v) is 13.2. The van der Waals surface area contributed by atoms with Gasteiger partial charge in [-0.25, -0.2) is 0 Å². The maximum Gasteiger partial charge on any atom is 0.287 e. The SMILES string of the molecule is CCn1cc([N+](=O)[O-])cc1C(=O)Nc1cccc(Br)c1C. The van der Waals surface area contributed by atoms with E-state index in [9.17, 15) is 14.9 Å². The molecule has 2 aromatic rings. The van der Waals surface area contributed by atoms with Crippen LogP contribution in [0.3, 0.4) is 0 Å². The van der Waals surface area contributed by atoms with Crippen molar-refractivity contribution in [3.63, 3.8) is 0 Å². The summed E-state index contributed by atoms with van der Waals surface area (Å²) >= 11 is 3.40. The Morgan fingerprint density at radius 1 is 1.48 bits per heavy atom. The third-order valence-corrected chi connectivity index (χ3v) is 4.04. The number of nitrogens with one attached hydrogen (secondary N) is 1. The van der Waals surface area contributed by atoms with Gasteiger partial charge in [-0.15, -0.1) is 0 Å². The van der Waals surface area contributed by atoms with Crippen molar-refractivity contribution in [3.05, 3.63) is 56.3 Å². The first-order chi connectivity index (χ1) is 9.93. The van der Waals surface area contributed by atoms with E-state index in [-0.39, 0.29) is 17.3 Å². The predicted molar refractivity (Wildman–Crippen MR) is 83.6 cm³/mol. The standard InChI is InChI=1S/C14H14BrN3O3/c1-3-17-8-10(18(20)21)7-13(17)14(19)16-12-6-4-5-11(15)9(12)2/h4-8H,3H2,1-2H3,(H,16,19). The summed E-state index contributed by atoms with van der Waals surface area (Å²) in [5.74, 6) is -0.369. The van der Waals surface area contributed by atoms with Crippen LogP contribution in [0.15, 0.2) is 34.9 Å². The van der Waals surface area contributed by atoms with Gasteiger partial charge in [-0.3, -0.25) is 14.9 Å². The number of nitro groups is 1. The molecule has 0 spiro atoms. The second kappa shape index (κ2) is 6.09. The number of aromatic nitrogens is 1. The van der Waals surface area contributed by atoms with Crippen LogP contribution in [0, 0.1) is 17.0 Å². The Hall–Kier alpha value is -2.15. The number of amides is 1. The van der Waals surface area contributed by atoms with E-state index >= 15 is 0 Å². The van der Waals surface area contributed by atoms with Gasteiger partial charge >= 0.3 is 0 Å². The number of hydrogen-bond acceptors (Lipinski definition) is 3. The molecule has 0 aliphatic rings. The molecule has 1 aromatic heterocycles. The molecular formula is C14H14BrN3O3. The number of aryl methyl sites for hydroxylation is 1. The third-order valence-electron chi connectivity index (χ3n) is 3.18. The number of hydrogen-bond donors (Lipinski definition) is 1. The first kappa shape index (κ1) is 15.2. The Morgan fingerprint density at radius 2 is 2.19 bits per heavy atom. The average molecular weight is 352 g/mol. The average Bonchev–Trinajstić information content (AvgIpc) is 2.88. The van der Waals surface area contributed by atoms with Gasteiger partial charge in [0, 0.05) is 22.8 Å². The molecule has 0 saturated carbocycles. The number of carbonyl (C=O) groups excluding carboxylic acids is 1. The van der Waals surface area contributed by atoms with E-state index in [0.717, 1.165) is 10.0 Å². The smallest absolute Gasteiger partial charge is 0.287 e. The van der Waals surface area contributed by atoms with Gasteiger partial charge in [-0.1, -0.05) is 22.0 Å². The van der Waals surface area contributed by atoms with Crippen LogP contribution in [0.5, 0.6) is 0 Å². The monoisotopic (exact) mass is 351 g/mol. The van der Waals surface area contributed by atoms with Crippen LogP contribution in [0.25, 0.3) is 0 Å². The van der Waals surface area contributed by atoms with Crippen LogP contribution in [0.4, 0.5) is 11.4 Å². The fourth-order valence-electron chi connectivity index (χ4n) is 1.98. The molecule has 1 aromatic carbocycles. The third kappa shape index (κ3) is 3.13. The minimum atomic E-state index is -0.507. The van der Waals surface area contributed by atoms with Crippen LogP contribution < -0.4 is 5.32 Å². The summed E-state index contributed by atoms with van der Waals surface area (Å²) in [5.41, 5.74) is 1.74. The Morgan fingerprint density at radius 3 is 2.81 bits per heavy atom. The fourth-order valence-corrected chi connectivity index (χ4v) is 2.34. The molecule has 0 fully saturated rings. The summed E-state index contributed by atoms with van der Waals surface area (Å²) in [5, 5.41) is 13.6. The number of carbonyl (C=O) groups is 1. The number of halogens is 1. The highest BCUT2D eigenvalue weighted by atomic mass is 79.9.